The zero-order chi connectivity index (χ0) is 15.9. The van der Waals surface area contributed by atoms with Crippen LogP contribution in [-0.4, -0.2) is 46.6 Å². The number of carbonyl (C=O) groups is 2. The lowest BCUT2D eigenvalue weighted by Gasteiger charge is -2.17. The van der Waals surface area contributed by atoms with Crippen molar-refractivity contribution in [1.29, 1.82) is 5.41 Å². The summed E-state index contributed by atoms with van der Waals surface area (Å²) < 4.78 is 0. The quantitative estimate of drug-likeness (QED) is 0.582. The molecular formula is C13H15N7O2. The molecule has 2 aliphatic heterocycles. The summed E-state index contributed by atoms with van der Waals surface area (Å²) in [6, 6.07) is 3.89. The van der Waals surface area contributed by atoms with Crippen molar-refractivity contribution in [2.24, 2.45) is 10.7 Å². The molecule has 0 atom stereocenters. The first kappa shape index (κ1) is 13.9. The zero-order valence-corrected chi connectivity index (χ0v) is 11.7. The first-order chi connectivity index (χ1) is 10.5. The number of aliphatic imine (C=N–C) groups is 1. The third kappa shape index (κ3) is 2.22. The Morgan fingerprint density at radius 3 is 2.73 bits per heavy atom. The summed E-state index contributed by atoms with van der Waals surface area (Å²) in [6.07, 6.45) is 0.831. The van der Waals surface area contributed by atoms with Gasteiger partial charge in [-0.25, -0.2) is 14.8 Å². The molecule has 2 fully saturated rings. The van der Waals surface area contributed by atoms with Crippen molar-refractivity contribution < 1.29 is 9.59 Å². The first-order valence-corrected chi connectivity index (χ1v) is 6.70. The van der Waals surface area contributed by atoms with Crippen molar-refractivity contribution in [3.63, 3.8) is 0 Å². The molecule has 22 heavy (non-hydrogen) atoms. The van der Waals surface area contributed by atoms with Crippen molar-refractivity contribution in [2.45, 2.75) is 6.42 Å². The Balaban J connectivity index is 2.00. The van der Waals surface area contributed by atoms with Crippen LogP contribution in [0.3, 0.4) is 0 Å². The predicted octanol–water partition coefficient (Wildman–Crippen LogP) is 0.272. The maximum Gasteiger partial charge on any atom is 0.316 e. The van der Waals surface area contributed by atoms with Crippen molar-refractivity contribution in [3.05, 3.63) is 18.2 Å². The minimum Gasteiger partial charge on any atom is -0.399 e. The number of urea groups is 1. The number of fused-ring (bicyclic) bond motifs is 1. The number of nitrogens with zero attached hydrogens (tertiary/aromatic N) is 3. The van der Waals surface area contributed by atoms with Crippen molar-refractivity contribution >= 4 is 40.5 Å². The fourth-order valence-electron chi connectivity index (χ4n) is 2.51. The molecule has 0 aliphatic carbocycles. The van der Waals surface area contributed by atoms with E-state index < -0.39 is 6.03 Å². The van der Waals surface area contributed by atoms with Gasteiger partial charge < -0.3 is 16.8 Å². The SMILES string of the molecule is N=C1C(=Nc2ccc(N)cc2NC(N)=O)C(=O)N2CCCN12. The summed E-state index contributed by atoms with van der Waals surface area (Å²) in [5.41, 5.74) is 11.9. The van der Waals surface area contributed by atoms with E-state index in [1.165, 1.54) is 11.1 Å². The number of nitrogens with two attached hydrogens (primary N) is 2. The van der Waals surface area contributed by atoms with Crippen LogP contribution in [0.4, 0.5) is 21.9 Å². The third-order valence-corrected chi connectivity index (χ3v) is 3.46. The first-order valence-electron chi connectivity index (χ1n) is 6.70. The highest BCUT2D eigenvalue weighted by Crippen LogP contribution is 2.29. The van der Waals surface area contributed by atoms with Crippen molar-refractivity contribution in [2.75, 3.05) is 24.1 Å². The van der Waals surface area contributed by atoms with E-state index in [1.54, 1.807) is 17.1 Å². The lowest BCUT2D eigenvalue weighted by Crippen LogP contribution is -2.33. The lowest BCUT2D eigenvalue weighted by atomic mass is 10.2. The van der Waals surface area contributed by atoms with Crippen LogP contribution < -0.4 is 16.8 Å². The number of primary amides is 1. The normalized spacial score (nSPS) is 19.0. The molecule has 2 heterocycles. The molecule has 3 rings (SSSR count). The van der Waals surface area contributed by atoms with Gasteiger partial charge >= 0.3 is 6.03 Å². The maximum absolute atomic E-state index is 12.3. The number of anilines is 2. The molecule has 2 aliphatic rings. The van der Waals surface area contributed by atoms with Gasteiger partial charge in [-0.3, -0.25) is 15.2 Å². The number of hydrazine groups is 1. The maximum atomic E-state index is 12.3. The van der Waals surface area contributed by atoms with Crippen molar-refractivity contribution in [1.82, 2.24) is 10.0 Å². The molecule has 9 nitrogen and oxygen atoms in total. The minimum atomic E-state index is -0.760. The molecule has 1 aromatic rings. The standard InChI is InChI=1S/C13H15N7O2/c14-7-2-3-8(9(6-7)18-13(16)22)17-10-11(15)19-4-1-5-20(19)12(10)21/h2-3,6,15H,1,4-5,14H2,(H3,16,18,22). The number of hydrogen-bond acceptors (Lipinski definition) is 5. The zero-order valence-electron chi connectivity index (χ0n) is 11.7. The Bertz CT molecular complexity index is 688. The van der Waals surface area contributed by atoms with Gasteiger partial charge in [-0.1, -0.05) is 0 Å². The average Bonchev–Trinajstić information content (AvgIpc) is 3.00. The molecule has 2 saturated heterocycles. The number of benzene rings is 1. The molecule has 0 radical (unpaired) electrons. The van der Waals surface area contributed by atoms with Gasteiger partial charge in [0.15, 0.2) is 11.5 Å². The summed E-state index contributed by atoms with van der Waals surface area (Å²) in [5, 5.41) is 13.6. The van der Waals surface area contributed by atoms with Crippen LogP contribution in [0.1, 0.15) is 6.42 Å². The minimum absolute atomic E-state index is 0.0389. The topological polar surface area (TPSA) is 141 Å². The van der Waals surface area contributed by atoms with Gasteiger partial charge in [0.1, 0.15) is 0 Å². The highest BCUT2D eigenvalue weighted by molar-refractivity contribution is 6.68. The van der Waals surface area contributed by atoms with Gasteiger partial charge in [0.2, 0.25) is 0 Å². The molecule has 0 saturated carbocycles. The second kappa shape index (κ2) is 5.02. The number of rotatable bonds is 2. The number of amides is 3. The van der Waals surface area contributed by atoms with E-state index in [-0.39, 0.29) is 17.5 Å². The molecule has 0 bridgehead atoms. The molecule has 9 heteroatoms. The van der Waals surface area contributed by atoms with Crippen LogP contribution in [0, 0.1) is 5.41 Å². The highest BCUT2D eigenvalue weighted by Gasteiger charge is 2.42. The molecule has 6 N–H and O–H groups in total. The number of hydrogen-bond donors (Lipinski definition) is 4. The monoisotopic (exact) mass is 301 g/mol. The number of nitrogen functional groups attached to an aromatic ring is 1. The number of carbonyl (C=O) groups excluding carboxylic acids is 2. The van der Waals surface area contributed by atoms with Gasteiger partial charge in [-0.15, -0.1) is 0 Å². The van der Waals surface area contributed by atoms with Crippen LogP contribution in [0.25, 0.3) is 0 Å². The third-order valence-electron chi connectivity index (χ3n) is 3.46. The Morgan fingerprint density at radius 2 is 2.05 bits per heavy atom. The molecule has 3 amide bonds. The van der Waals surface area contributed by atoms with Gasteiger partial charge in [0, 0.05) is 18.8 Å². The fraction of sp³-hybridized carbons (Fsp3) is 0.231. The van der Waals surface area contributed by atoms with E-state index in [1.807, 2.05) is 0 Å². The Labute approximate surface area is 126 Å². The van der Waals surface area contributed by atoms with Crippen LogP contribution >= 0.6 is 0 Å². The molecule has 1 aromatic carbocycles. The van der Waals surface area contributed by atoms with E-state index in [2.05, 4.69) is 10.3 Å². The second-order valence-corrected chi connectivity index (χ2v) is 4.98. The van der Waals surface area contributed by atoms with Crippen LogP contribution in [-0.2, 0) is 4.79 Å². The molecular weight excluding hydrogens is 286 g/mol. The average molecular weight is 301 g/mol. The Morgan fingerprint density at radius 1 is 1.32 bits per heavy atom. The molecule has 0 spiro atoms. The van der Waals surface area contributed by atoms with Gasteiger partial charge in [-0.2, -0.15) is 0 Å². The summed E-state index contributed by atoms with van der Waals surface area (Å²) >= 11 is 0. The lowest BCUT2D eigenvalue weighted by molar-refractivity contribution is -0.129. The number of amidine groups is 1. The largest absolute Gasteiger partial charge is 0.399 e. The fourth-order valence-corrected chi connectivity index (χ4v) is 2.51. The van der Waals surface area contributed by atoms with Gasteiger partial charge in [-0.05, 0) is 24.6 Å². The summed E-state index contributed by atoms with van der Waals surface area (Å²) in [5.74, 6) is -0.256. The van der Waals surface area contributed by atoms with E-state index in [9.17, 15) is 9.59 Å². The van der Waals surface area contributed by atoms with Crippen molar-refractivity contribution in [3.8, 4) is 0 Å². The Hall–Kier alpha value is -3.10. The van der Waals surface area contributed by atoms with Crippen LogP contribution in [0.2, 0.25) is 0 Å². The van der Waals surface area contributed by atoms with E-state index >= 15 is 0 Å². The summed E-state index contributed by atoms with van der Waals surface area (Å²) in [4.78, 5) is 27.6. The van der Waals surface area contributed by atoms with Crippen LogP contribution in [0.5, 0.6) is 0 Å². The highest BCUT2D eigenvalue weighted by atomic mass is 16.2. The molecule has 0 aromatic heterocycles. The smallest absolute Gasteiger partial charge is 0.316 e. The van der Waals surface area contributed by atoms with Gasteiger partial charge in [0.25, 0.3) is 5.91 Å². The number of nitrogens with one attached hydrogen (secondary N) is 2. The predicted molar refractivity (Wildman–Crippen MR) is 81.9 cm³/mol. The Kier molecular flexibility index (Phi) is 3.17. The van der Waals surface area contributed by atoms with E-state index in [4.69, 9.17) is 16.9 Å². The second-order valence-electron chi connectivity index (χ2n) is 4.98. The van der Waals surface area contributed by atoms with Crippen LogP contribution in [0.15, 0.2) is 23.2 Å². The molecule has 114 valence electrons. The molecule has 0 unspecified atom stereocenters. The summed E-state index contributed by atoms with van der Waals surface area (Å²) in [6.45, 7) is 1.20. The van der Waals surface area contributed by atoms with Gasteiger partial charge in [0.05, 0.1) is 11.4 Å². The van der Waals surface area contributed by atoms with E-state index in [0.29, 0.717) is 30.2 Å². The summed E-state index contributed by atoms with van der Waals surface area (Å²) in [7, 11) is 0. The van der Waals surface area contributed by atoms with E-state index in [0.717, 1.165) is 6.42 Å².